The number of nitrogens with zero attached hydrogens (tertiary/aromatic N) is 3. The molecule has 1 unspecified atom stereocenters. The molecule has 1 aromatic heterocycles. The minimum atomic E-state index is -0.554. The highest BCUT2D eigenvalue weighted by Gasteiger charge is 2.33. The van der Waals surface area contributed by atoms with Crippen LogP contribution in [0.2, 0.25) is 0 Å². The van der Waals surface area contributed by atoms with Crippen LogP contribution in [0.4, 0.5) is 14.9 Å². The van der Waals surface area contributed by atoms with Gasteiger partial charge in [0, 0.05) is 38.6 Å². The van der Waals surface area contributed by atoms with Crippen LogP contribution in [0.15, 0.2) is 72.9 Å². The number of nitrogens with one attached hydrogen (secondary N) is 1. The number of anilines is 1. The number of urea groups is 1. The van der Waals surface area contributed by atoms with Gasteiger partial charge in [0.15, 0.2) is 0 Å². The minimum Gasteiger partial charge on any atom is -0.383 e. The van der Waals surface area contributed by atoms with Gasteiger partial charge in [-0.25, -0.2) is 9.18 Å². The Balaban J connectivity index is 1.55. The van der Waals surface area contributed by atoms with Crippen molar-refractivity contribution in [3.8, 4) is 0 Å². The van der Waals surface area contributed by atoms with Gasteiger partial charge in [0.2, 0.25) is 5.91 Å². The van der Waals surface area contributed by atoms with E-state index >= 15 is 0 Å². The Bertz CT molecular complexity index is 1100. The number of benzene rings is 2. The van der Waals surface area contributed by atoms with Crippen molar-refractivity contribution in [1.29, 1.82) is 0 Å². The summed E-state index contributed by atoms with van der Waals surface area (Å²) >= 11 is 0. The topological polar surface area (TPSA) is 66.8 Å². The first-order valence-electron chi connectivity index (χ1n) is 10.9. The molecular weight excluding hydrogens is 423 g/mol. The predicted octanol–water partition coefficient (Wildman–Crippen LogP) is 3.74. The number of methoxy groups -OCH3 is 1. The standard InChI is InChI=1S/C25H27FN4O3/c1-33-17-16-29(25(32)27-21-11-6-5-10-20(21)26)18-23(31)30-15-14-28-13-7-12-22(28)24(30)19-8-3-2-4-9-19/h2-13,24H,14-18H2,1H3,(H,27,32). The van der Waals surface area contributed by atoms with Crippen LogP contribution in [0, 0.1) is 5.82 Å². The second-order valence-electron chi connectivity index (χ2n) is 7.85. The number of amides is 3. The van der Waals surface area contributed by atoms with Crippen molar-refractivity contribution in [2.75, 3.05) is 38.7 Å². The Morgan fingerprint density at radius 1 is 1.06 bits per heavy atom. The van der Waals surface area contributed by atoms with E-state index in [9.17, 15) is 14.0 Å². The molecule has 2 aromatic carbocycles. The number of para-hydroxylation sites is 1. The lowest BCUT2D eigenvalue weighted by atomic mass is 10.00. The van der Waals surface area contributed by atoms with Crippen LogP contribution in [-0.2, 0) is 16.1 Å². The highest BCUT2D eigenvalue weighted by atomic mass is 19.1. The molecule has 0 bridgehead atoms. The Morgan fingerprint density at radius 2 is 1.82 bits per heavy atom. The summed E-state index contributed by atoms with van der Waals surface area (Å²) in [6, 6.07) is 19.0. The fraction of sp³-hybridized carbons (Fsp3) is 0.280. The summed E-state index contributed by atoms with van der Waals surface area (Å²) in [5.74, 6) is -0.721. The summed E-state index contributed by atoms with van der Waals surface area (Å²) in [6.45, 7) is 1.50. The number of halogens is 1. The number of rotatable bonds is 7. The molecule has 172 valence electrons. The molecule has 0 radical (unpaired) electrons. The van der Waals surface area contributed by atoms with E-state index in [-0.39, 0.29) is 37.3 Å². The monoisotopic (exact) mass is 450 g/mol. The molecule has 3 amide bonds. The van der Waals surface area contributed by atoms with E-state index in [1.807, 2.05) is 48.7 Å². The molecule has 0 spiro atoms. The highest BCUT2D eigenvalue weighted by Crippen LogP contribution is 2.32. The molecule has 0 saturated carbocycles. The van der Waals surface area contributed by atoms with Gasteiger partial charge in [-0.05, 0) is 29.8 Å². The van der Waals surface area contributed by atoms with Crippen molar-refractivity contribution in [2.45, 2.75) is 12.6 Å². The second-order valence-corrected chi connectivity index (χ2v) is 7.85. The maximum absolute atomic E-state index is 14.0. The van der Waals surface area contributed by atoms with Crippen molar-refractivity contribution in [3.63, 3.8) is 0 Å². The molecular formula is C25H27FN4O3. The molecule has 7 nitrogen and oxygen atoms in total. The maximum Gasteiger partial charge on any atom is 0.322 e. The number of carbonyl (C=O) groups is 2. The minimum absolute atomic E-state index is 0.0651. The predicted molar refractivity (Wildman–Crippen MR) is 123 cm³/mol. The molecule has 1 atom stereocenters. The van der Waals surface area contributed by atoms with E-state index in [0.717, 1.165) is 11.3 Å². The van der Waals surface area contributed by atoms with Crippen LogP contribution >= 0.6 is 0 Å². The first-order chi connectivity index (χ1) is 16.1. The number of ether oxygens (including phenoxy) is 1. The zero-order valence-electron chi connectivity index (χ0n) is 18.5. The Hall–Kier alpha value is -3.65. The number of fused-ring (bicyclic) bond motifs is 1. The molecule has 0 saturated heterocycles. The second kappa shape index (κ2) is 10.3. The number of aromatic nitrogens is 1. The molecule has 1 aliphatic rings. The van der Waals surface area contributed by atoms with Gasteiger partial charge in [0.25, 0.3) is 0 Å². The van der Waals surface area contributed by atoms with Gasteiger partial charge in [0.05, 0.1) is 18.3 Å². The average molecular weight is 451 g/mol. The Morgan fingerprint density at radius 3 is 2.58 bits per heavy atom. The van der Waals surface area contributed by atoms with E-state index in [0.29, 0.717) is 13.1 Å². The van der Waals surface area contributed by atoms with Gasteiger partial charge in [-0.2, -0.15) is 0 Å². The fourth-order valence-corrected chi connectivity index (χ4v) is 4.10. The molecule has 1 N–H and O–H groups in total. The van der Waals surface area contributed by atoms with Gasteiger partial charge >= 0.3 is 6.03 Å². The number of carbonyl (C=O) groups excluding carboxylic acids is 2. The van der Waals surface area contributed by atoms with E-state index in [1.165, 1.54) is 24.1 Å². The van der Waals surface area contributed by atoms with Crippen LogP contribution in [0.1, 0.15) is 17.3 Å². The third-order valence-corrected chi connectivity index (χ3v) is 5.77. The summed E-state index contributed by atoms with van der Waals surface area (Å²) < 4.78 is 21.3. The third-order valence-electron chi connectivity index (χ3n) is 5.77. The summed E-state index contributed by atoms with van der Waals surface area (Å²) in [7, 11) is 1.53. The maximum atomic E-state index is 14.0. The first-order valence-corrected chi connectivity index (χ1v) is 10.9. The lowest BCUT2D eigenvalue weighted by molar-refractivity contribution is -0.134. The van der Waals surface area contributed by atoms with E-state index in [4.69, 9.17) is 4.74 Å². The molecule has 2 heterocycles. The van der Waals surface area contributed by atoms with Crippen molar-refractivity contribution in [3.05, 3.63) is 90.0 Å². The Labute approximate surface area is 192 Å². The van der Waals surface area contributed by atoms with Crippen LogP contribution in [0.5, 0.6) is 0 Å². The summed E-state index contributed by atoms with van der Waals surface area (Å²) in [4.78, 5) is 29.6. The van der Waals surface area contributed by atoms with E-state index < -0.39 is 11.8 Å². The molecule has 3 aromatic rings. The van der Waals surface area contributed by atoms with Gasteiger partial charge in [-0.1, -0.05) is 42.5 Å². The van der Waals surface area contributed by atoms with E-state index in [1.54, 1.807) is 17.0 Å². The van der Waals surface area contributed by atoms with Gasteiger partial charge in [-0.3, -0.25) is 4.79 Å². The molecule has 33 heavy (non-hydrogen) atoms. The quantitative estimate of drug-likeness (QED) is 0.596. The molecule has 0 aliphatic carbocycles. The molecule has 0 fully saturated rings. The van der Waals surface area contributed by atoms with Crippen molar-refractivity contribution in [1.82, 2.24) is 14.4 Å². The Kier molecular flexibility index (Phi) is 7.04. The zero-order chi connectivity index (χ0) is 23.2. The third kappa shape index (κ3) is 5.06. The van der Waals surface area contributed by atoms with E-state index in [2.05, 4.69) is 9.88 Å². The zero-order valence-corrected chi connectivity index (χ0v) is 18.5. The number of hydrogen-bond acceptors (Lipinski definition) is 3. The van der Waals surface area contributed by atoms with Gasteiger partial charge in [-0.15, -0.1) is 0 Å². The average Bonchev–Trinajstić information content (AvgIpc) is 3.32. The van der Waals surface area contributed by atoms with Crippen molar-refractivity contribution in [2.24, 2.45) is 0 Å². The lowest BCUT2D eigenvalue weighted by Crippen LogP contribution is -2.49. The largest absolute Gasteiger partial charge is 0.383 e. The lowest BCUT2D eigenvalue weighted by Gasteiger charge is -2.38. The molecule has 4 rings (SSSR count). The normalized spacial score (nSPS) is 15.1. The van der Waals surface area contributed by atoms with Crippen LogP contribution in [-0.4, -0.2) is 59.7 Å². The molecule has 1 aliphatic heterocycles. The van der Waals surface area contributed by atoms with Gasteiger partial charge < -0.3 is 24.4 Å². The number of hydrogen-bond donors (Lipinski definition) is 1. The molecule has 8 heteroatoms. The van der Waals surface area contributed by atoms with Crippen molar-refractivity contribution < 1.29 is 18.7 Å². The smallest absolute Gasteiger partial charge is 0.322 e. The first kappa shape index (κ1) is 22.5. The SMILES string of the molecule is COCCN(CC(=O)N1CCn2cccc2C1c1ccccc1)C(=O)Nc1ccccc1F. The summed E-state index contributed by atoms with van der Waals surface area (Å²) in [5.41, 5.74) is 2.10. The van der Waals surface area contributed by atoms with Crippen LogP contribution in [0.3, 0.4) is 0 Å². The summed E-state index contributed by atoms with van der Waals surface area (Å²) in [5, 5.41) is 2.56. The van der Waals surface area contributed by atoms with Crippen LogP contribution < -0.4 is 5.32 Å². The van der Waals surface area contributed by atoms with Crippen LogP contribution in [0.25, 0.3) is 0 Å². The highest BCUT2D eigenvalue weighted by molar-refractivity contribution is 5.92. The van der Waals surface area contributed by atoms with Crippen molar-refractivity contribution >= 4 is 17.6 Å². The van der Waals surface area contributed by atoms with Gasteiger partial charge in [0.1, 0.15) is 12.4 Å². The fourth-order valence-electron chi connectivity index (χ4n) is 4.10. The summed E-state index contributed by atoms with van der Waals surface area (Å²) in [6.07, 6.45) is 2.01.